The molecule has 0 saturated carbocycles. The van der Waals surface area contributed by atoms with Crippen molar-refractivity contribution in [3.8, 4) is 28.6 Å². The Morgan fingerprint density at radius 1 is 0.905 bits per heavy atom. The Labute approximate surface area is 123 Å². The van der Waals surface area contributed by atoms with Crippen LogP contribution in [0.15, 0.2) is 59.1 Å². The Kier molecular flexibility index (Phi) is 3.69. The summed E-state index contributed by atoms with van der Waals surface area (Å²) in [6.45, 7) is 4.00. The van der Waals surface area contributed by atoms with Gasteiger partial charge in [-0.15, -0.1) is 0 Å². The SMILES string of the molecule is CC(C)Oc1ccc(-c2nc(-c3ccccc3)no2)cc1. The number of hydrogen-bond acceptors (Lipinski definition) is 4. The lowest BCUT2D eigenvalue weighted by atomic mass is 10.2. The summed E-state index contributed by atoms with van der Waals surface area (Å²) in [7, 11) is 0. The van der Waals surface area contributed by atoms with Crippen LogP contribution >= 0.6 is 0 Å². The van der Waals surface area contributed by atoms with E-state index in [0.717, 1.165) is 16.9 Å². The van der Waals surface area contributed by atoms with Crippen molar-refractivity contribution in [3.05, 3.63) is 54.6 Å². The summed E-state index contributed by atoms with van der Waals surface area (Å²) in [5, 5.41) is 4.02. The molecule has 2 aromatic carbocycles. The fourth-order valence-electron chi connectivity index (χ4n) is 1.99. The number of benzene rings is 2. The zero-order valence-corrected chi connectivity index (χ0v) is 12.0. The van der Waals surface area contributed by atoms with E-state index in [4.69, 9.17) is 9.26 Å². The third-order valence-electron chi connectivity index (χ3n) is 2.93. The fraction of sp³-hybridized carbons (Fsp3) is 0.176. The first-order valence-corrected chi connectivity index (χ1v) is 6.88. The van der Waals surface area contributed by atoms with Gasteiger partial charge >= 0.3 is 0 Å². The number of aromatic nitrogens is 2. The van der Waals surface area contributed by atoms with Gasteiger partial charge in [0.15, 0.2) is 0 Å². The zero-order valence-electron chi connectivity index (χ0n) is 12.0. The van der Waals surface area contributed by atoms with E-state index in [9.17, 15) is 0 Å². The van der Waals surface area contributed by atoms with E-state index in [0.29, 0.717) is 11.7 Å². The minimum absolute atomic E-state index is 0.156. The van der Waals surface area contributed by atoms with Crippen LogP contribution in [0, 0.1) is 0 Å². The minimum Gasteiger partial charge on any atom is -0.491 e. The van der Waals surface area contributed by atoms with Crippen LogP contribution in [0.25, 0.3) is 22.8 Å². The van der Waals surface area contributed by atoms with Gasteiger partial charge < -0.3 is 9.26 Å². The summed E-state index contributed by atoms with van der Waals surface area (Å²) in [4.78, 5) is 4.42. The molecule has 0 fully saturated rings. The van der Waals surface area contributed by atoms with Crippen molar-refractivity contribution >= 4 is 0 Å². The molecular formula is C17H16N2O2. The molecule has 0 aliphatic rings. The lowest BCUT2D eigenvalue weighted by Gasteiger charge is -2.09. The summed E-state index contributed by atoms with van der Waals surface area (Å²) >= 11 is 0. The fourth-order valence-corrected chi connectivity index (χ4v) is 1.99. The average Bonchev–Trinajstić information content (AvgIpc) is 2.98. The van der Waals surface area contributed by atoms with Crippen molar-refractivity contribution in [1.82, 2.24) is 10.1 Å². The van der Waals surface area contributed by atoms with Crippen molar-refractivity contribution in [2.24, 2.45) is 0 Å². The molecule has 21 heavy (non-hydrogen) atoms. The smallest absolute Gasteiger partial charge is 0.258 e. The molecule has 1 heterocycles. The lowest BCUT2D eigenvalue weighted by Crippen LogP contribution is -2.05. The first-order valence-electron chi connectivity index (χ1n) is 6.88. The highest BCUT2D eigenvalue weighted by Crippen LogP contribution is 2.24. The quantitative estimate of drug-likeness (QED) is 0.719. The van der Waals surface area contributed by atoms with Gasteiger partial charge in [0.05, 0.1) is 6.10 Å². The molecule has 0 N–H and O–H groups in total. The summed E-state index contributed by atoms with van der Waals surface area (Å²) < 4.78 is 10.9. The van der Waals surface area contributed by atoms with Gasteiger partial charge in [0.2, 0.25) is 5.82 Å². The van der Waals surface area contributed by atoms with Gasteiger partial charge in [-0.3, -0.25) is 0 Å². The zero-order chi connectivity index (χ0) is 14.7. The van der Waals surface area contributed by atoms with Gasteiger partial charge in [-0.25, -0.2) is 0 Å². The van der Waals surface area contributed by atoms with Gasteiger partial charge in [-0.1, -0.05) is 35.5 Å². The molecular weight excluding hydrogens is 264 g/mol. The predicted molar refractivity (Wildman–Crippen MR) is 80.9 cm³/mol. The Hall–Kier alpha value is -2.62. The molecule has 1 aromatic heterocycles. The van der Waals surface area contributed by atoms with E-state index in [1.54, 1.807) is 0 Å². The highest BCUT2D eigenvalue weighted by atomic mass is 16.5. The van der Waals surface area contributed by atoms with Crippen LogP contribution in [0.5, 0.6) is 5.75 Å². The summed E-state index contributed by atoms with van der Waals surface area (Å²) in [6, 6.07) is 17.4. The second-order valence-corrected chi connectivity index (χ2v) is 4.98. The second-order valence-electron chi connectivity index (χ2n) is 4.98. The molecule has 4 nitrogen and oxygen atoms in total. The third-order valence-corrected chi connectivity index (χ3v) is 2.93. The van der Waals surface area contributed by atoms with E-state index in [1.807, 2.05) is 68.4 Å². The first-order chi connectivity index (χ1) is 10.2. The Bertz CT molecular complexity index is 703. The lowest BCUT2D eigenvalue weighted by molar-refractivity contribution is 0.242. The maximum absolute atomic E-state index is 5.61. The van der Waals surface area contributed by atoms with Crippen molar-refractivity contribution in [2.45, 2.75) is 20.0 Å². The Balaban J connectivity index is 1.83. The normalized spacial score (nSPS) is 10.8. The van der Waals surface area contributed by atoms with Crippen molar-refractivity contribution in [1.29, 1.82) is 0 Å². The highest BCUT2D eigenvalue weighted by molar-refractivity contribution is 5.60. The maximum atomic E-state index is 5.61. The van der Waals surface area contributed by atoms with Gasteiger partial charge in [-0.2, -0.15) is 4.98 Å². The van der Waals surface area contributed by atoms with Crippen LogP contribution in [0.1, 0.15) is 13.8 Å². The van der Waals surface area contributed by atoms with Gasteiger partial charge in [0.1, 0.15) is 5.75 Å². The molecule has 0 amide bonds. The minimum atomic E-state index is 0.156. The molecule has 0 bridgehead atoms. The van der Waals surface area contributed by atoms with E-state index in [1.165, 1.54) is 0 Å². The molecule has 0 saturated heterocycles. The number of nitrogens with zero attached hydrogens (tertiary/aromatic N) is 2. The van der Waals surface area contributed by atoms with Crippen LogP contribution < -0.4 is 4.74 Å². The highest BCUT2D eigenvalue weighted by Gasteiger charge is 2.10. The monoisotopic (exact) mass is 280 g/mol. The van der Waals surface area contributed by atoms with Gasteiger partial charge in [0.25, 0.3) is 5.89 Å². The molecule has 4 heteroatoms. The van der Waals surface area contributed by atoms with Crippen LogP contribution in [-0.2, 0) is 0 Å². The van der Waals surface area contributed by atoms with E-state index < -0.39 is 0 Å². The number of rotatable bonds is 4. The van der Waals surface area contributed by atoms with Crippen molar-refractivity contribution < 1.29 is 9.26 Å². The predicted octanol–water partition coefficient (Wildman–Crippen LogP) is 4.19. The molecule has 0 aliphatic carbocycles. The van der Waals surface area contributed by atoms with Crippen LogP contribution in [0.2, 0.25) is 0 Å². The summed E-state index contributed by atoms with van der Waals surface area (Å²) in [5.74, 6) is 1.93. The molecule has 3 aromatic rings. The molecule has 0 spiro atoms. The van der Waals surface area contributed by atoms with Crippen molar-refractivity contribution in [2.75, 3.05) is 0 Å². The second kappa shape index (κ2) is 5.79. The Morgan fingerprint density at radius 3 is 2.29 bits per heavy atom. The molecule has 0 aliphatic heterocycles. The van der Waals surface area contributed by atoms with Gasteiger partial charge in [-0.05, 0) is 38.1 Å². The number of hydrogen-bond donors (Lipinski definition) is 0. The standard InChI is InChI=1S/C17H16N2O2/c1-12(2)20-15-10-8-14(9-11-15)17-18-16(19-21-17)13-6-4-3-5-7-13/h3-12H,1-2H3. The van der Waals surface area contributed by atoms with E-state index in [-0.39, 0.29) is 6.10 Å². The van der Waals surface area contributed by atoms with Crippen LogP contribution in [-0.4, -0.2) is 16.2 Å². The topological polar surface area (TPSA) is 48.2 Å². The van der Waals surface area contributed by atoms with E-state index >= 15 is 0 Å². The molecule has 106 valence electrons. The third kappa shape index (κ3) is 3.11. The largest absolute Gasteiger partial charge is 0.491 e. The molecule has 0 atom stereocenters. The van der Waals surface area contributed by atoms with Gasteiger partial charge in [0, 0.05) is 11.1 Å². The number of ether oxygens (including phenoxy) is 1. The van der Waals surface area contributed by atoms with E-state index in [2.05, 4.69) is 10.1 Å². The average molecular weight is 280 g/mol. The van der Waals surface area contributed by atoms with Crippen LogP contribution in [0.3, 0.4) is 0 Å². The summed E-state index contributed by atoms with van der Waals surface area (Å²) in [6.07, 6.45) is 0.156. The molecule has 0 radical (unpaired) electrons. The maximum Gasteiger partial charge on any atom is 0.258 e. The molecule has 0 unspecified atom stereocenters. The van der Waals surface area contributed by atoms with Crippen LogP contribution in [0.4, 0.5) is 0 Å². The first kappa shape index (κ1) is 13.4. The summed E-state index contributed by atoms with van der Waals surface area (Å²) in [5.41, 5.74) is 1.81. The molecule has 3 rings (SSSR count). The van der Waals surface area contributed by atoms with Crippen molar-refractivity contribution in [3.63, 3.8) is 0 Å². The Morgan fingerprint density at radius 2 is 1.62 bits per heavy atom.